The smallest absolute Gasteiger partial charge is 0.323 e. The van der Waals surface area contributed by atoms with Gasteiger partial charge < -0.3 is 5.92 Å². The Bertz CT molecular complexity index is 274. The molecule has 0 atom stereocenters. The van der Waals surface area contributed by atoms with Crippen molar-refractivity contribution in [1.82, 2.24) is 0 Å². The Kier molecular flexibility index (Phi) is 19.4. The molecule has 0 nitrogen and oxygen atoms in total. The van der Waals surface area contributed by atoms with Crippen molar-refractivity contribution < 1.29 is 31.1 Å². The van der Waals surface area contributed by atoms with E-state index < -0.39 is 0 Å². The van der Waals surface area contributed by atoms with Gasteiger partial charge >= 0.3 is 31.1 Å². The van der Waals surface area contributed by atoms with Crippen LogP contribution in [0.4, 0.5) is 0 Å². The summed E-state index contributed by atoms with van der Waals surface area (Å²) < 4.78 is 0. The molecule has 0 heterocycles. The summed E-state index contributed by atoms with van der Waals surface area (Å²) in [7, 11) is 0. The van der Waals surface area contributed by atoms with Crippen molar-refractivity contribution in [3.8, 4) is 0 Å². The van der Waals surface area contributed by atoms with E-state index in [2.05, 4.69) is 20.8 Å². The molecule has 104 valence electrons. The second-order valence-corrected chi connectivity index (χ2v) is 4.39. The maximum absolute atomic E-state index is 2.08. The minimum atomic E-state index is 0. The van der Waals surface area contributed by atoms with E-state index in [4.69, 9.17) is 0 Å². The van der Waals surface area contributed by atoms with Crippen LogP contribution in [0.1, 0.15) is 20.8 Å². The Labute approximate surface area is 148 Å². The van der Waals surface area contributed by atoms with E-state index in [9.17, 15) is 0 Å². The summed E-state index contributed by atoms with van der Waals surface area (Å²) in [5.74, 6) is 1.42. The molecular formula is C19H24U. The summed E-state index contributed by atoms with van der Waals surface area (Å²) >= 11 is 0. The average molecular weight is 490 g/mol. The van der Waals surface area contributed by atoms with Gasteiger partial charge in [0.1, 0.15) is 0 Å². The van der Waals surface area contributed by atoms with Crippen LogP contribution in [0.15, 0.2) is 91.0 Å². The topological polar surface area (TPSA) is 0 Å². The van der Waals surface area contributed by atoms with E-state index in [1.54, 1.807) is 0 Å². The molecule has 0 spiro atoms. The van der Waals surface area contributed by atoms with E-state index in [0.717, 1.165) is 0 Å². The van der Waals surface area contributed by atoms with Crippen LogP contribution in [0.2, 0.25) is 0 Å². The van der Waals surface area contributed by atoms with Crippen LogP contribution in [0.5, 0.6) is 0 Å². The van der Waals surface area contributed by atoms with Crippen molar-refractivity contribution in [2.24, 2.45) is 0 Å². The predicted octanol–water partition coefficient (Wildman–Crippen LogP) is 5.84. The minimum absolute atomic E-state index is 0. The molecule has 0 N–H and O–H groups in total. The van der Waals surface area contributed by atoms with E-state index in [1.807, 2.05) is 91.0 Å². The Morgan fingerprint density at radius 2 is 0.650 bits per heavy atom. The third kappa shape index (κ3) is 22.3. The zero-order valence-corrected chi connectivity index (χ0v) is 16.8. The Balaban J connectivity index is 0. The first kappa shape index (κ1) is 21.4. The molecule has 0 aliphatic carbocycles. The summed E-state index contributed by atoms with van der Waals surface area (Å²) in [6, 6.07) is 30.0. The molecule has 1 heteroatoms. The molecule has 0 saturated carbocycles. The summed E-state index contributed by atoms with van der Waals surface area (Å²) in [4.78, 5) is 0. The van der Waals surface area contributed by atoms with Gasteiger partial charge in [0, 0.05) is 0 Å². The van der Waals surface area contributed by atoms with Gasteiger partial charge in [-0.05, 0) is 0 Å². The van der Waals surface area contributed by atoms with Gasteiger partial charge in [-0.25, -0.2) is 36.4 Å². The molecule has 0 amide bonds. The van der Waals surface area contributed by atoms with Gasteiger partial charge in [-0.15, -0.1) is 0 Å². The van der Waals surface area contributed by atoms with Crippen LogP contribution in [0.25, 0.3) is 0 Å². The van der Waals surface area contributed by atoms with E-state index in [0.29, 0.717) is 0 Å². The van der Waals surface area contributed by atoms with Crippen LogP contribution in [-0.4, -0.2) is 0 Å². The Hall–Kier alpha value is -0.898. The van der Waals surface area contributed by atoms with E-state index >= 15 is 0 Å². The molecule has 0 bridgehead atoms. The molecule has 0 unspecified atom stereocenters. The van der Waals surface area contributed by atoms with Crippen molar-refractivity contribution in [3.05, 3.63) is 96.9 Å². The summed E-state index contributed by atoms with van der Waals surface area (Å²) in [5, 5.41) is 0. The standard InChI is InChI=1S/3C5H5.C4H9.U/c3*1-2-4-5-3-1;1-4(2)3;/h3*1-5H;1-3H3;/q4*-1;+4. The van der Waals surface area contributed by atoms with Crippen LogP contribution >= 0.6 is 0 Å². The van der Waals surface area contributed by atoms with Crippen molar-refractivity contribution in [2.75, 3.05) is 0 Å². The van der Waals surface area contributed by atoms with Gasteiger partial charge in [0.05, 0.1) is 0 Å². The maximum atomic E-state index is 2.08. The van der Waals surface area contributed by atoms with Crippen molar-refractivity contribution in [2.45, 2.75) is 20.8 Å². The zero-order valence-electron chi connectivity index (χ0n) is 12.7. The summed E-state index contributed by atoms with van der Waals surface area (Å²) in [6.07, 6.45) is 0. The SMILES string of the molecule is C[C-](C)C.[U+4].c1cc[cH-]c1.c1cc[cH-]c1.c1cc[cH-]c1. The zero-order chi connectivity index (χ0) is 14.2. The summed E-state index contributed by atoms with van der Waals surface area (Å²) in [6.45, 7) is 6.25. The van der Waals surface area contributed by atoms with E-state index in [1.165, 1.54) is 5.92 Å². The van der Waals surface area contributed by atoms with Gasteiger partial charge in [0.2, 0.25) is 0 Å². The average Bonchev–Trinajstić information content (AvgIpc) is 3.18. The molecule has 3 rings (SSSR count). The van der Waals surface area contributed by atoms with Crippen molar-refractivity contribution in [3.63, 3.8) is 0 Å². The predicted molar refractivity (Wildman–Crippen MR) is 86.4 cm³/mol. The monoisotopic (exact) mass is 490 g/mol. The quantitative estimate of drug-likeness (QED) is 0.348. The third-order valence-electron chi connectivity index (χ3n) is 1.67. The number of hydrogen-bond donors (Lipinski definition) is 0. The van der Waals surface area contributed by atoms with Crippen LogP contribution in [0, 0.1) is 37.0 Å². The fraction of sp³-hybridized carbons (Fsp3) is 0.158. The van der Waals surface area contributed by atoms with Crippen LogP contribution < -0.4 is 0 Å². The van der Waals surface area contributed by atoms with Gasteiger partial charge in [-0.2, -0.15) is 75.4 Å². The first-order valence-electron chi connectivity index (χ1n) is 6.50. The van der Waals surface area contributed by atoms with Gasteiger partial charge in [-0.3, -0.25) is 0 Å². The van der Waals surface area contributed by atoms with Crippen LogP contribution in [-0.2, 0) is 0 Å². The molecule has 0 aliphatic heterocycles. The van der Waals surface area contributed by atoms with Crippen molar-refractivity contribution >= 4 is 0 Å². The van der Waals surface area contributed by atoms with Gasteiger partial charge in [-0.1, -0.05) is 0 Å². The normalized spacial score (nSPS) is 7.80. The molecule has 3 aromatic rings. The first-order valence-corrected chi connectivity index (χ1v) is 6.50. The fourth-order valence-corrected chi connectivity index (χ4v) is 0.962. The minimum Gasteiger partial charge on any atom is -0.323 e. The maximum Gasteiger partial charge on any atom is 4.00 e. The fourth-order valence-electron chi connectivity index (χ4n) is 0.962. The molecule has 0 radical (unpaired) electrons. The number of rotatable bonds is 0. The largest absolute Gasteiger partial charge is 4.00 e. The number of hydrogen-bond acceptors (Lipinski definition) is 0. The molecule has 0 aromatic heterocycles. The van der Waals surface area contributed by atoms with Crippen molar-refractivity contribution in [1.29, 1.82) is 0 Å². The Morgan fingerprint density at radius 1 is 0.500 bits per heavy atom. The molecule has 0 aliphatic rings. The molecular weight excluding hydrogens is 466 g/mol. The first-order chi connectivity index (χ1) is 9.23. The van der Waals surface area contributed by atoms with E-state index in [-0.39, 0.29) is 31.1 Å². The second-order valence-electron chi connectivity index (χ2n) is 4.39. The second kappa shape index (κ2) is 18.1. The molecule has 0 fully saturated rings. The Morgan fingerprint density at radius 3 is 0.700 bits per heavy atom. The van der Waals surface area contributed by atoms with Gasteiger partial charge in [0.25, 0.3) is 0 Å². The van der Waals surface area contributed by atoms with Crippen LogP contribution in [0.3, 0.4) is 0 Å². The summed E-state index contributed by atoms with van der Waals surface area (Å²) in [5.41, 5.74) is 0. The van der Waals surface area contributed by atoms with Gasteiger partial charge in [0.15, 0.2) is 0 Å². The molecule has 0 saturated heterocycles. The third-order valence-corrected chi connectivity index (χ3v) is 1.67. The molecule has 3 aromatic carbocycles. The molecule has 20 heavy (non-hydrogen) atoms.